The van der Waals surface area contributed by atoms with Crippen molar-refractivity contribution < 1.29 is 9.22 Å². The Bertz CT molecular complexity index is 880. The fourth-order valence-corrected chi connectivity index (χ4v) is 8.08. The van der Waals surface area contributed by atoms with Crippen molar-refractivity contribution in [3.05, 3.63) is 71.8 Å². The Balaban J connectivity index is 1.54. The summed E-state index contributed by atoms with van der Waals surface area (Å²) in [6, 6.07) is 22.0. The van der Waals surface area contributed by atoms with E-state index >= 15 is 0 Å². The molecule has 5 rings (SSSR count). The lowest BCUT2D eigenvalue weighted by Gasteiger charge is -2.43. The van der Waals surface area contributed by atoms with Crippen LogP contribution in [-0.4, -0.2) is 28.7 Å². The Morgan fingerprint density at radius 1 is 0.967 bits per heavy atom. The number of benzene rings is 2. The van der Waals surface area contributed by atoms with E-state index in [9.17, 15) is 0 Å². The largest absolute Gasteiger partial charge is 0.364 e. The molecule has 2 saturated heterocycles. The quantitative estimate of drug-likeness (QED) is 0.532. The van der Waals surface area contributed by atoms with Crippen LogP contribution >= 0.6 is 0 Å². The van der Waals surface area contributed by atoms with Gasteiger partial charge in [0.15, 0.2) is 0 Å². The Hall–Kier alpha value is -1.64. The van der Waals surface area contributed by atoms with E-state index in [-0.39, 0.29) is 5.60 Å². The first kappa shape index (κ1) is 20.3. The van der Waals surface area contributed by atoms with Crippen LogP contribution in [0.3, 0.4) is 0 Å². The predicted octanol–water partition coefficient (Wildman–Crippen LogP) is 6.06. The van der Waals surface area contributed by atoms with Crippen LogP contribution in [0, 0.1) is 23.7 Å². The van der Waals surface area contributed by atoms with E-state index in [2.05, 4.69) is 88.4 Å². The molecule has 0 spiro atoms. The highest BCUT2D eigenvalue weighted by molar-refractivity contribution is 5.20. The number of hydrogen-bond donors (Lipinski definition) is 0. The lowest BCUT2D eigenvalue weighted by atomic mass is 9.72. The first-order chi connectivity index (χ1) is 14.4. The van der Waals surface area contributed by atoms with Crippen LogP contribution in [0.25, 0.3) is 0 Å². The van der Waals surface area contributed by atoms with Crippen LogP contribution in [0.2, 0.25) is 0 Å². The molecule has 0 unspecified atom stereocenters. The normalized spacial score (nSPS) is 39.6. The summed E-state index contributed by atoms with van der Waals surface area (Å²) in [6.45, 7) is 14.3. The third kappa shape index (κ3) is 2.76. The number of ether oxygens (including phenoxy) is 1. The minimum atomic E-state index is -0.0335. The molecule has 0 aromatic heterocycles. The maximum atomic E-state index is 7.05. The highest BCUT2D eigenvalue weighted by Crippen LogP contribution is 2.67. The smallest absolute Gasteiger partial charge is 0.128 e. The average Bonchev–Trinajstić information content (AvgIpc) is 3.28. The molecule has 0 N–H and O–H groups in total. The molecule has 30 heavy (non-hydrogen) atoms. The number of hydrogen-bond acceptors (Lipinski definition) is 1. The monoisotopic (exact) mass is 404 g/mol. The van der Waals surface area contributed by atoms with E-state index in [0.717, 1.165) is 31.5 Å². The predicted molar refractivity (Wildman–Crippen MR) is 123 cm³/mol. The minimum absolute atomic E-state index is 0.0335. The molecule has 160 valence electrons. The van der Waals surface area contributed by atoms with Gasteiger partial charge in [-0.25, -0.2) is 0 Å². The summed E-state index contributed by atoms with van der Waals surface area (Å²) in [5, 5.41) is 0. The molecule has 2 nitrogen and oxygen atoms in total. The third-order valence-electron chi connectivity index (χ3n) is 9.36. The maximum Gasteiger partial charge on any atom is 0.128 e. The van der Waals surface area contributed by atoms with Crippen LogP contribution in [-0.2, 0) is 17.9 Å². The van der Waals surface area contributed by atoms with Crippen molar-refractivity contribution >= 4 is 0 Å². The lowest BCUT2D eigenvalue weighted by molar-refractivity contribution is -0.968. The SMILES string of the molecule is CC(C)[C@@]1(OCc2ccccc2)C[N@+]2(Cc3ccccc3)C[C@@H](C)[C@@H]3CC[C@H]1[C@@]32C. The van der Waals surface area contributed by atoms with E-state index in [4.69, 9.17) is 4.74 Å². The van der Waals surface area contributed by atoms with E-state index in [1.165, 1.54) is 35.0 Å². The highest BCUT2D eigenvalue weighted by atomic mass is 16.5. The zero-order valence-corrected chi connectivity index (χ0v) is 19.2. The molecule has 2 aliphatic heterocycles. The van der Waals surface area contributed by atoms with Gasteiger partial charge in [-0.3, -0.25) is 0 Å². The average molecular weight is 405 g/mol. The van der Waals surface area contributed by atoms with Gasteiger partial charge in [0.05, 0.1) is 13.2 Å². The lowest BCUT2D eigenvalue weighted by Crippen LogP contribution is -2.57. The molecular formula is C28H38NO+. The van der Waals surface area contributed by atoms with Gasteiger partial charge in [0.2, 0.25) is 0 Å². The molecule has 2 heterocycles. The summed E-state index contributed by atoms with van der Waals surface area (Å²) in [5.74, 6) is 2.80. The fourth-order valence-electron chi connectivity index (χ4n) is 8.08. The van der Waals surface area contributed by atoms with Crippen molar-refractivity contribution in [2.75, 3.05) is 13.1 Å². The number of rotatable bonds is 6. The van der Waals surface area contributed by atoms with Crippen molar-refractivity contribution in [1.82, 2.24) is 0 Å². The van der Waals surface area contributed by atoms with Gasteiger partial charge in [0, 0.05) is 23.3 Å². The van der Waals surface area contributed by atoms with E-state index < -0.39 is 0 Å². The fraction of sp³-hybridized carbons (Fsp3) is 0.571. The van der Waals surface area contributed by atoms with Crippen LogP contribution in [0.15, 0.2) is 60.7 Å². The molecule has 2 aromatic carbocycles. The Morgan fingerprint density at radius 3 is 2.23 bits per heavy atom. The van der Waals surface area contributed by atoms with E-state index in [1.807, 2.05) is 0 Å². The van der Waals surface area contributed by atoms with Crippen molar-refractivity contribution in [1.29, 1.82) is 0 Å². The highest BCUT2D eigenvalue weighted by Gasteiger charge is 2.78. The Labute approximate surface area is 182 Å². The van der Waals surface area contributed by atoms with Gasteiger partial charge in [-0.1, -0.05) is 81.4 Å². The van der Waals surface area contributed by atoms with Crippen LogP contribution < -0.4 is 0 Å². The van der Waals surface area contributed by atoms with Crippen LogP contribution in [0.4, 0.5) is 0 Å². The molecule has 3 aliphatic rings. The van der Waals surface area contributed by atoms with Crippen LogP contribution in [0.5, 0.6) is 0 Å². The van der Waals surface area contributed by atoms with Gasteiger partial charge in [-0.2, -0.15) is 0 Å². The number of nitrogens with zero attached hydrogens (tertiary/aromatic N) is 1. The van der Waals surface area contributed by atoms with Crippen molar-refractivity contribution in [3.8, 4) is 0 Å². The van der Waals surface area contributed by atoms with Gasteiger partial charge in [-0.05, 0) is 31.2 Å². The summed E-state index contributed by atoms with van der Waals surface area (Å²) in [7, 11) is 0. The topological polar surface area (TPSA) is 9.23 Å². The Kier molecular flexibility index (Phi) is 4.87. The van der Waals surface area contributed by atoms with Crippen molar-refractivity contribution in [2.45, 2.75) is 64.8 Å². The van der Waals surface area contributed by atoms with Gasteiger partial charge in [0.1, 0.15) is 24.2 Å². The second-order valence-corrected chi connectivity index (χ2v) is 11.0. The molecule has 6 atom stereocenters. The van der Waals surface area contributed by atoms with Gasteiger partial charge >= 0.3 is 0 Å². The molecule has 0 bridgehead atoms. The van der Waals surface area contributed by atoms with Gasteiger partial charge < -0.3 is 9.22 Å². The second-order valence-electron chi connectivity index (χ2n) is 11.0. The zero-order valence-electron chi connectivity index (χ0n) is 19.2. The maximum absolute atomic E-state index is 7.05. The third-order valence-corrected chi connectivity index (χ3v) is 9.36. The first-order valence-corrected chi connectivity index (χ1v) is 12.0. The van der Waals surface area contributed by atoms with Crippen molar-refractivity contribution in [2.24, 2.45) is 23.7 Å². The zero-order chi connectivity index (χ0) is 21.0. The molecular weight excluding hydrogens is 366 g/mol. The summed E-state index contributed by atoms with van der Waals surface area (Å²) in [5.41, 5.74) is 3.08. The molecule has 2 heteroatoms. The van der Waals surface area contributed by atoms with Gasteiger partial charge in [-0.15, -0.1) is 0 Å². The van der Waals surface area contributed by atoms with E-state index in [0.29, 0.717) is 17.4 Å². The van der Waals surface area contributed by atoms with Crippen LogP contribution in [0.1, 0.15) is 51.7 Å². The molecule has 2 aromatic rings. The molecule has 0 radical (unpaired) electrons. The molecule has 1 saturated carbocycles. The molecule has 1 aliphatic carbocycles. The summed E-state index contributed by atoms with van der Waals surface area (Å²) in [6.07, 6.45) is 2.70. The summed E-state index contributed by atoms with van der Waals surface area (Å²) in [4.78, 5) is 0. The van der Waals surface area contributed by atoms with E-state index in [1.54, 1.807) is 0 Å². The minimum Gasteiger partial charge on any atom is -0.364 e. The number of quaternary nitrogens is 1. The summed E-state index contributed by atoms with van der Waals surface area (Å²) < 4.78 is 8.27. The first-order valence-electron chi connectivity index (χ1n) is 12.0. The summed E-state index contributed by atoms with van der Waals surface area (Å²) >= 11 is 0. The molecule has 3 fully saturated rings. The standard InChI is InChI=1S/C28H38NO/c1-21(2)28(30-19-24-13-9-6-10-14-24)20-29(18-23-11-7-5-8-12-23)17-22(3)25-15-16-26(28)27(25,29)4/h5-14,21-22,25-26H,15-20H2,1-4H3/q+1/t22-,25+,26+,27-,28+,29-/m1/s1. The molecule has 0 amide bonds. The van der Waals surface area contributed by atoms with Gasteiger partial charge in [0.25, 0.3) is 0 Å². The second kappa shape index (κ2) is 7.21. The van der Waals surface area contributed by atoms with Crippen molar-refractivity contribution in [3.63, 3.8) is 0 Å². The Morgan fingerprint density at radius 2 is 1.60 bits per heavy atom.